The molecule has 0 aliphatic heterocycles. The van der Waals surface area contributed by atoms with Gasteiger partial charge < -0.3 is 4.42 Å². The standard InChI is InChI=1S/C11H9NO4S/c13-7-10-5-6-11(16-10)8-1-3-9(4-2-8)12-17(14)15/h1-7,17H,(H,12,14,15). The lowest BCUT2D eigenvalue weighted by molar-refractivity contribution is 0.110. The lowest BCUT2D eigenvalue weighted by Gasteiger charge is -2.00. The van der Waals surface area contributed by atoms with Crippen molar-refractivity contribution in [2.45, 2.75) is 0 Å². The minimum Gasteiger partial charge on any atom is -0.453 e. The molecular weight excluding hydrogens is 242 g/mol. The Balaban J connectivity index is 2.25. The maximum absolute atomic E-state index is 10.5. The second-order valence-corrected chi connectivity index (χ2v) is 4.00. The smallest absolute Gasteiger partial charge is 0.222 e. The Labute approximate surface area is 99.2 Å². The van der Waals surface area contributed by atoms with Gasteiger partial charge in [-0.25, -0.2) is 8.42 Å². The van der Waals surface area contributed by atoms with E-state index in [1.165, 1.54) is 0 Å². The Bertz CT molecular complexity index is 590. The first-order chi connectivity index (χ1) is 8.19. The molecule has 0 saturated carbocycles. The molecule has 0 saturated heterocycles. The van der Waals surface area contributed by atoms with Crippen molar-refractivity contribution in [3.8, 4) is 11.3 Å². The van der Waals surface area contributed by atoms with Crippen LogP contribution in [0.5, 0.6) is 0 Å². The highest BCUT2D eigenvalue weighted by molar-refractivity contribution is 7.73. The molecular formula is C11H9NO4S. The molecule has 0 radical (unpaired) electrons. The van der Waals surface area contributed by atoms with Crippen LogP contribution in [0.25, 0.3) is 11.3 Å². The maximum Gasteiger partial charge on any atom is 0.222 e. The molecule has 0 bridgehead atoms. The molecule has 0 atom stereocenters. The van der Waals surface area contributed by atoms with Gasteiger partial charge in [-0.1, -0.05) is 0 Å². The molecule has 5 nitrogen and oxygen atoms in total. The molecule has 1 aromatic carbocycles. The molecule has 0 unspecified atom stereocenters. The van der Waals surface area contributed by atoms with E-state index in [0.29, 0.717) is 17.7 Å². The van der Waals surface area contributed by atoms with Crippen LogP contribution in [0.1, 0.15) is 10.6 Å². The molecule has 0 aliphatic carbocycles. The van der Waals surface area contributed by atoms with Crippen molar-refractivity contribution in [3.05, 3.63) is 42.2 Å². The first-order valence-corrected chi connectivity index (χ1v) is 5.93. The number of nitrogens with one attached hydrogen (secondary N) is 1. The first kappa shape index (κ1) is 11.4. The Kier molecular flexibility index (Phi) is 3.24. The van der Waals surface area contributed by atoms with Crippen LogP contribution >= 0.6 is 0 Å². The molecule has 6 heteroatoms. The third kappa shape index (κ3) is 2.73. The van der Waals surface area contributed by atoms with E-state index in [-0.39, 0.29) is 5.76 Å². The van der Waals surface area contributed by atoms with E-state index in [0.717, 1.165) is 5.56 Å². The lowest BCUT2D eigenvalue weighted by Crippen LogP contribution is -1.93. The number of carbonyl (C=O) groups is 1. The molecule has 17 heavy (non-hydrogen) atoms. The molecule has 88 valence electrons. The van der Waals surface area contributed by atoms with Crippen molar-refractivity contribution in [3.63, 3.8) is 0 Å². The van der Waals surface area contributed by atoms with Crippen molar-refractivity contribution in [1.29, 1.82) is 0 Å². The van der Waals surface area contributed by atoms with Gasteiger partial charge in [0.2, 0.25) is 10.9 Å². The summed E-state index contributed by atoms with van der Waals surface area (Å²) in [5, 5.41) is 0. The molecule has 1 N–H and O–H groups in total. The summed E-state index contributed by atoms with van der Waals surface area (Å²) in [6.07, 6.45) is 0.626. The summed E-state index contributed by atoms with van der Waals surface area (Å²) in [6.45, 7) is 0. The first-order valence-electron chi connectivity index (χ1n) is 4.75. The molecule has 1 aromatic heterocycles. The third-order valence-corrected chi connectivity index (χ3v) is 2.57. The fourth-order valence-electron chi connectivity index (χ4n) is 1.39. The second kappa shape index (κ2) is 4.84. The van der Waals surface area contributed by atoms with Crippen molar-refractivity contribution >= 4 is 22.9 Å². The van der Waals surface area contributed by atoms with Crippen LogP contribution in [0.4, 0.5) is 5.69 Å². The number of thiol groups is 1. The monoisotopic (exact) mass is 251 g/mol. The van der Waals surface area contributed by atoms with E-state index in [1.807, 2.05) is 0 Å². The number of hydrogen-bond acceptors (Lipinski definition) is 4. The summed E-state index contributed by atoms with van der Waals surface area (Å²) in [4.78, 5) is 10.5. The highest BCUT2D eigenvalue weighted by atomic mass is 32.2. The summed E-state index contributed by atoms with van der Waals surface area (Å²) >= 11 is 0. The van der Waals surface area contributed by atoms with Crippen LogP contribution in [0, 0.1) is 0 Å². The summed E-state index contributed by atoms with van der Waals surface area (Å²) in [7, 11) is -2.66. The molecule has 0 amide bonds. The van der Waals surface area contributed by atoms with Gasteiger partial charge in [-0.05, 0) is 36.4 Å². The zero-order chi connectivity index (χ0) is 12.3. The van der Waals surface area contributed by atoms with Crippen LogP contribution in [-0.4, -0.2) is 14.7 Å². The third-order valence-electron chi connectivity index (χ3n) is 2.13. The van der Waals surface area contributed by atoms with E-state index in [4.69, 9.17) is 4.42 Å². The van der Waals surface area contributed by atoms with Crippen molar-refractivity contribution in [2.75, 3.05) is 4.72 Å². The Morgan fingerprint density at radius 1 is 1.06 bits per heavy atom. The lowest BCUT2D eigenvalue weighted by atomic mass is 10.1. The van der Waals surface area contributed by atoms with Crippen LogP contribution in [0.3, 0.4) is 0 Å². The summed E-state index contributed by atoms with van der Waals surface area (Å²) in [5.41, 5.74) is 1.25. The van der Waals surface area contributed by atoms with E-state index in [1.54, 1.807) is 36.4 Å². The van der Waals surface area contributed by atoms with Gasteiger partial charge in [0.15, 0.2) is 12.0 Å². The highest BCUT2D eigenvalue weighted by Crippen LogP contribution is 2.23. The largest absolute Gasteiger partial charge is 0.453 e. The van der Waals surface area contributed by atoms with Gasteiger partial charge in [-0.3, -0.25) is 9.52 Å². The van der Waals surface area contributed by atoms with Gasteiger partial charge in [0.05, 0.1) is 0 Å². The average Bonchev–Trinajstić information content (AvgIpc) is 2.78. The molecule has 0 spiro atoms. The van der Waals surface area contributed by atoms with Crippen LogP contribution in [-0.2, 0) is 10.9 Å². The SMILES string of the molecule is O=Cc1ccc(-c2ccc(N[SH](=O)=O)cc2)o1. The quantitative estimate of drug-likeness (QED) is 0.640. The molecule has 1 heterocycles. The van der Waals surface area contributed by atoms with Crippen LogP contribution in [0.2, 0.25) is 0 Å². The number of furan rings is 1. The van der Waals surface area contributed by atoms with E-state index < -0.39 is 10.9 Å². The van der Waals surface area contributed by atoms with Gasteiger partial charge in [-0.15, -0.1) is 0 Å². The second-order valence-electron chi connectivity index (χ2n) is 3.27. The Morgan fingerprint density at radius 3 is 2.29 bits per heavy atom. The number of anilines is 1. The van der Waals surface area contributed by atoms with E-state index in [9.17, 15) is 13.2 Å². The van der Waals surface area contributed by atoms with Gasteiger partial charge in [-0.2, -0.15) is 0 Å². The predicted octanol–water partition coefficient (Wildman–Crippen LogP) is 1.70. The minimum atomic E-state index is -2.66. The molecule has 2 aromatic rings. The van der Waals surface area contributed by atoms with Gasteiger partial charge in [0.25, 0.3) is 0 Å². The number of benzene rings is 1. The fraction of sp³-hybridized carbons (Fsp3) is 0. The van der Waals surface area contributed by atoms with Crippen LogP contribution < -0.4 is 4.72 Å². The van der Waals surface area contributed by atoms with E-state index >= 15 is 0 Å². The van der Waals surface area contributed by atoms with Gasteiger partial charge in [0, 0.05) is 11.3 Å². The zero-order valence-corrected chi connectivity index (χ0v) is 9.52. The van der Waals surface area contributed by atoms with Crippen molar-refractivity contribution < 1.29 is 17.6 Å². The number of carbonyl (C=O) groups excluding carboxylic acids is 1. The summed E-state index contributed by atoms with van der Waals surface area (Å²) in [5.74, 6) is 0.815. The van der Waals surface area contributed by atoms with Crippen molar-refractivity contribution in [1.82, 2.24) is 0 Å². The van der Waals surface area contributed by atoms with Crippen molar-refractivity contribution in [2.24, 2.45) is 0 Å². The maximum atomic E-state index is 10.5. The number of hydrogen-bond donors (Lipinski definition) is 2. The zero-order valence-electron chi connectivity index (χ0n) is 8.62. The van der Waals surface area contributed by atoms with Gasteiger partial charge >= 0.3 is 0 Å². The summed E-state index contributed by atoms with van der Waals surface area (Å²) in [6, 6.07) is 9.89. The Morgan fingerprint density at radius 2 is 1.76 bits per heavy atom. The highest BCUT2D eigenvalue weighted by Gasteiger charge is 2.03. The van der Waals surface area contributed by atoms with Crippen LogP contribution in [0.15, 0.2) is 40.8 Å². The van der Waals surface area contributed by atoms with Gasteiger partial charge in [0.1, 0.15) is 5.76 Å². The number of rotatable bonds is 4. The number of aldehydes is 1. The normalized spacial score (nSPS) is 10.4. The Hall–Kier alpha value is -2.08. The molecule has 2 rings (SSSR count). The average molecular weight is 251 g/mol. The minimum absolute atomic E-state index is 0.254. The van der Waals surface area contributed by atoms with E-state index in [2.05, 4.69) is 4.72 Å². The molecule has 0 fully saturated rings. The summed E-state index contributed by atoms with van der Waals surface area (Å²) < 4.78 is 28.4. The predicted molar refractivity (Wildman–Crippen MR) is 63.5 cm³/mol. The fourth-order valence-corrected chi connectivity index (χ4v) is 1.75. The topological polar surface area (TPSA) is 76.4 Å². The molecule has 0 aliphatic rings.